The number of nitrogens with one attached hydrogen (secondary N) is 2. The van der Waals surface area contributed by atoms with Gasteiger partial charge in [0.15, 0.2) is 5.11 Å². The summed E-state index contributed by atoms with van der Waals surface area (Å²) in [5.41, 5.74) is 1.32. The van der Waals surface area contributed by atoms with E-state index in [1.165, 1.54) is 57.1 Å². The molecule has 0 aromatic rings. The predicted molar refractivity (Wildman–Crippen MR) is 111 cm³/mol. The van der Waals surface area contributed by atoms with Gasteiger partial charge in [-0.05, 0) is 75.4 Å². The second kappa shape index (κ2) is 10.3. The Kier molecular flexibility index (Phi) is 7.78. The molecule has 1 amide bonds. The maximum atomic E-state index is 12.6. The molecule has 146 valence electrons. The Morgan fingerprint density at radius 2 is 1.88 bits per heavy atom. The fourth-order valence-corrected chi connectivity index (χ4v) is 4.90. The maximum Gasteiger partial charge on any atom is 0.226 e. The summed E-state index contributed by atoms with van der Waals surface area (Å²) in [6.45, 7) is 2.68. The van der Waals surface area contributed by atoms with Gasteiger partial charge in [0.05, 0.1) is 0 Å². The van der Waals surface area contributed by atoms with Gasteiger partial charge in [0.2, 0.25) is 5.91 Å². The second-order valence-electron chi connectivity index (χ2n) is 8.19. The van der Waals surface area contributed by atoms with Crippen LogP contribution in [0.2, 0.25) is 0 Å². The molecule has 1 heterocycles. The number of thiocarbonyl (C=S) groups is 1. The van der Waals surface area contributed by atoms with E-state index in [2.05, 4.69) is 21.6 Å². The minimum atomic E-state index is 0.297. The van der Waals surface area contributed by atoms with E-state index in [9.17, 15) is 4.79 Å². The van der Waals surface area contributed by atoms with Gasteiger partial charge in [-0.15, -0.1) is 0 Å². The molecule has 3 aliphatic rings. The molecule has 1 unspecified atom stereocenters. The van der Waals surface area contributed by atoms with E-state index < -0.39 is 0 Å². The number of rotatable bonds is 6. The number of hydrogen-bond donors (Lipinski definition) is 2. The maximum absolute atomic E-state index is 12.6. The molecule has 5 heteroatoms. The van der Waals surface area contributed by atoms with Crippen LogP contribution in [0.4, 0.5) is 0 Å². The molecule has 0 radical (unpaired) electrons. The highest BCUT2D eigenvalue weighted by Crippen LogP contribution is 2.35. The van der Waals surface area contributed by atoms with E-state index in [0.29, 0.717) is 18.2 Å². The summed E-state index contributed by atoms with van der Waals surface area (Å²) in [7, 11) is 0. The predicted octanol–water partition coefficient (Wildman–Crippen LogP) is 4.12. The fraction of sp³-hybridized carbons (Fsp3) is 0.810. The molecule has 3 rings (SSSR count). The Bertz CT molecular complexity index is 513. The Morgan fingerprint density at radius 1 is 1.08 bits per heavy atom. The number of carbonyl (C=O) groups is 1. The van der Waals surface area contributed by atoms with Crippen molar-refractivity contribution < 1.29 is 4.79 Å². The summed E-state index contributed by atoms with van der Waals surface area (Å²) in [5, 5.41) is 7.38. The molecular weight excluding hydrogens is 342 g/mol. The van der Waals surface area contributed by atoms with Crippen molar-refractivity contribution in [1.82, 2.24) is 15.5 Å². The van der Waals surface area contributed by atoms with Gasteiger partial charge in [-0.3, -0.25) is 4.79 Å². The van der Waals surface area contributed by atoms with Gasteiger partial charge in [0, 0.05) is 31.8 Å². The van der Waals surface area contributed by atoms with Crippen LogP contribution in [-0.2, 0) is 4.79 Å². The molecule has 0 aromatic heterocycles. The molecule has 26 heavy (non-hydrogen) atoms. The van der Waals surface area contributed by atoms with Crippen LogP contribution in [-0.4, -0.2) is 35.6 Å². The van der Waals surface area contributed by atoms with Gasteiger partial charge < -0.3 is 15.5 Å². The lowest BCUT2D eigenvalue weighted by Crippen LogP contribution is -2.40. The monoisotopic (exact) mass is 377 g/mol. The SMILES string of the molecule is O=C(CCCNC(=S)NCC1CCCCC1)N1CCCC2CCCC=C21. The Hall–Kier alpha value is -1.10. The molecule has 1 atom stereocenters. The third-order valence-electron chi connectivity index (χ3n) is 6.20. The van der Waals surface area contributed by atoms with Crippen molar-refractivity contribution in [2.24, 2.45) is 11.8 Å². The summed E-state index contributed by atoms with van der Waals surface area (Å²) >= 11 is 5.38. The van der Waals surface area contributed by atoms with E-state index in [4.69, 9.17) is 12.2 Å². The van der Waals surface area contributed by atoms with Crippen molar-refractivity contribution in [2.45, 2.75) is 77.0 Å². The summed E-state index contributed by atoms with van der Waals surface area (Å²) in [4.78, 5) is 14.7. The zero-order chi connectivity index (χ0) is 18.2. The van der Waals surface area contributed by atoms with Crippen LogP contribution in [0.1, 0.15) is 77.0 Å². The number of carbonyl (C=O) groups excluding carboxylic acids is 1. The molecule has 0 bridgehead atoms. The molecule has 0 spiro atoms. The van der Waals surface area contributed by atoms with Crippen molar-refractivity contribution in [3.05, 3.63) is 11.8 Å². The quantitative estimate of drug-likeness (QED) is 0.540. The average molecular weight is 378 g/mol. The molecule has 1 saturated carbocycles. The van der Waals surface area contributed by atoms with Crippen LogP contribution in [0.5, 0.6) is 0 Å². The zero-order valence-corrected chi connectivity index (χ0v) is 16.9. The van der Waals surface area contributed by atoms with E-state index in [-0.39, 0.29) is 0 Å². The summed E-state index contributed by atoms with van der Waals surface area (Å²) in [6.07, 6.45) is 16.6. The van der Waals surface area contributed by atoms with Crippen molar-refractivity contribution in [2.75, 3.05) is 19.6 Å². The standard InChI is InChI=1S/C21H35N3OS/c25-20(24-15-7-11-18-10-4-5-12-19(18)24)13-6-14-22-21(26)23-16-17-8-2-1-3-9-17/h12,17-18H,1-11,13-16H2,(H2,22,23,26). The van der Waals surface area contributed by atoms with Crippen LogP contribution in [0.3, 0.4) is 0 Å². The molecule has 1 aliphatic heterocycles. The number of nitrogens with zero attached hydrogens (tertiary/aromatic N) is 1. The van der Waals surface area contributed by atoms with Gasteiger partial charge in [-0.25, -0.2) is 0 Å². The highest BCUT2D eigenvalue weighted by molar-refractivity contribution is 7.80. The average Bonchev–Trinajstić information content (AvgIpc) is 2.70. The van der Waals surface area contributed by atoms with Crippen molar-refractivity contribution >= 4 is 23.2 Å². The van der Waals surface area contributed by atoms with Crippen molar-refractivity contribution in [3.8, 4) is 0 Å². The molecule has 2 N–H and O–H groups in total. The van der Waals surface area contributed by atoms with Crippen molar-refractivity contribution in [1.29, 1.82) is 0 Å². The van der Waals surface area contributed by atoms with E-state index in [1.54, 1.807) is 0 Å². The van der Waals surface area contributed by atoms with Crippen LogP contribution < -0.4 is 10.6 Å². The normalized spacial score (nSPS) is 23.8. The minimum Gasteiger partial charge on any atom is -0.363 e. The first-order chi connectivity index (χ1) is 12.7. The van der Waals surface area contributed by atoms with Crippen LogP contribution in [0, 0.1) is 11.8 Å². The number of piperidine rings is 1. The number of allylic oxidation sites excluding steroid dienone is 2. The second-order valence-corrected chi connectivity index (χ2v) is 8.60. The van der Waals surface area contributed by atoms with Gasteiger partial charge >= 0.3 is 0 Å². The highest BCUT2D eigenvalue weighted by Gasteiger charge is 2.29. The van der Waals surface area contributed by atoms with Crippen LogP contribution in [0.25, 0.3) is 0 Å². The largest absolute Gasteiger partial charge is 0.363 e. The lowest BCUT2D eigenvalue weighted by Gasteiger charge is -2.38. The van der Waals surface area contributed by atoms with Crippen LogP contribution >= 0.6 is 12.2 Å². The van der Waals surface area contributed by atoms with Gasteiger partial charge in [-0.2, -0.15) is 0 Å². The lowest BCUT2D eigenvalue weighted by molar-refractivity contribution is -0.130. The Balaban J connectivity index is 1.31. The van der Waals surface area contributed by atoms with Gasteiger partial charge in [0.25, 0.3) is 0 Å². The smallest absolute Gasteiger partial charge is 0.226 e. The number of likely N-dealkylation sites (tertiary alicyclic amines) is 1. The summed E-state index contributed by atoms with van der Waals surface area (Å²) in [6, 6.07) is 0. The first kappa shape index (κ1) is 19.7. The third kappa shape index (κ3) is 5.70. The molecule has 1 saturated heterocycles. The molecular formula is C21H35N3OS. The Morgan fingerprint density at radius 3 is 2.73 bits per heavy atom. The molecule has 2 aliphatic carbocycles. The lowest BCUT2D eigenvalue weighted by atomic mass is 9.85. The summed E-state index contributed by atoms with van der Waals surface area (Å²) < 4.78 is 0. The van der Waals surface area contributed by atoms with Crippen molar-refractivity contribution in [3.63, 3.8) is 0 Å². The van der Waals surface area contributed by atoms with E-state index in [1.807, 2.05) is 0 Å². The third-order valence-corrected chi connectivity index (χ3v) is 6.49. The highest BCUT2D eigenvalue weighted by atomic mass is 32.1. The topological polar surface area (TPSA) is 44.4 Å². The van der Waals surface area contributed by atoms with Crippen LogP contribution in [0.15, 0.2) is 11.8 Å². The van der Waals surface area contributed by atoms with Gasteiger partial charge in [-0.1, -0.05) is 25.3 Å². The number of amides is 1. The van der Waals surface area contributed by atoms with E-state index >= 15 is 0 Å². The Labute approximate surface area is 164 Å². The molecule has 0 aromatic carbocycles. The zero-order valence-electron chi connectivity index (χ0n) is 16.1. The van der Waals surface area contributed by atoms with E-state index in [0.717, 1.165) is 49.9 Å². The molecule has 2 fully saturated rings. The first-order valence-electron chi connectivity index (χ1n) is 10.8. The first-order valence-corrected chi connectivity index (χ1v) is 11.2. The summed E-state index contributed by atoms with van der Waals surface area (Å²) in [5.74, 6) is 1.71. The fourth-order valence-electron chi connectivity index (χ4n) is 4.71. The van der Waals surface area contributed by atoms with Gasteiger partial charge in [0.1, 0.15) is 0 Å². The number of fused-ring (bicyclic) bond motifs is 1. The minimum absolute atomic E-state index is 0.297. The molecule has 4 nitrogen and oxygen atoms in total. The number of hydrogen-bond acceptors (Lipinski definition) is 2.